The second kappa shape index (κ2) is 6.57. The lowest BCUT2D eigenvalue weighted by atomic mass is 9.82. The summed E-state index contributed by atoms with van der Waals surface area (Å²) in [4.78, 5) is 16.5. The number of rotatable bonds is 2. The van der Waals surface area contributed by atoms with Gasteiger partial charge in [0.2, 0.25) is 0 Å². The maximum atomic E-state index is 13.8. The summed E-state index contributed by atoms with van der Waals surface area (Å²) in [5.41, 5.74) is 0.0540. The molecule has 1 aromatic rings. The van der Waals surface area contributed by atoms with E-state index >= 15 is 0 Å². The average Bonchev–Trinajstić information content (AvgIpc) is 2.55. The molecule has 2 heterocycles. The van der Waals surface area contributed by atoms with Gasteiger partial charge >= 0.3 is 0 Å². The van der Waals surface area contributed by atoms with E-state index in [9.17, 15) is 9.18 Å². The van der Waals surface area contributed by atoms with E-state index in [1.807, 2.05) is 0 Å². The van der Waals surface area contributed by atoms with Gasteiger partial charge in [-0.2, -0.15) is 0 Å². The highest BCUT2D eigenvalue weighted by molar-refractivity contribution is 5.94. The molecule has 1 spiro atoms. The molecule has 4 nitrogen and oxygen atoms in total. The van der Waals surface area contributed by atoms with Crippen molar-refractivity contribution in [1.82, 2.24) is 9.80 Å². The maximum absolute atomic E-state index is 13.8. The van der Waals surface area contributed by atoms with Crippen LogP contribution in [0.4, 0.5) is 4.39 Å². The van der Waals surface area contributed by atoms with Crippen LogP contribution in [0.5, 0.6) is 0 Å². The number of ether oxygens (including phenoxy) is 1. The van der Waals surface area contributed by atoms with Gasteiger partial charge in [0.15, 0.2) is 0 Å². The third-order valence-electron chi connectivity index (χ3n) is 5.26. The van der Waals surface area contributed by atoms with Crippen LogP contribution in [-0.4, -0.2) is 61.1 Å². The zero-order valence-corrected chi connectivity index (χ0v) is 13.9. The minimum Gasteiger partial charge on any atom is -0.375 e. The van der Waals surface area contributed by atoms with Crippen LogP contribution in [0.1, 0.15) is 36.0 Å². The molecule has 1 amide bonds. The number of hydrogen-bond acceptors (Lipinski definition) is 3. The molecule has 2 saturated heterocycles. The number of carbonyl (C=O) groups is 1. The highest BCUT2D eigenvalue weighted by atomic mass is 19.1. The lowest BCUT2D eigenvalue weighted by molar-refractivity contribution is -0.125. The first-order valence-electron chi connectivity index (χ1n) is 8.35. The van der Waals surface area contributed by atoms with Crippen molar-refractivity contribution in [1.29, 1.82) is 0 Å². The Morgan fingerprint density at radius 1 is 1.30 bits per heavy atom. The van der Waals surface area contributed by atoms with Crippen LogP contribution in [0.25, 0.3) is 0 Å². The van der Waals surface area contributed by atoms with Crippen LogP contribution < -0.4 is 0 Å². The molecular weight excluding hydrogens is 295 g/mol. The van der Waals surface area contributed by atoms with Gasteiger partial charge in [0, 0.05) is 25.7 Å². The number of amides is 1. The molecule has 0 aliphatic carbocycles. The Hall–Kier alpha value is -1.46. The molecule has 2 fully saturated rings. The molecule has 0 bridgehead atoms. The SMILES string of the molecule is CN(C)C1CCOC2(CCN(C(=O)c3ccccc3F)CC2)C1. The Labute approximate surface area is 137 Å². The van der Waals surface area contributed by atoms with Crippen LogP contribution in [0, 0.1) is 5.82 Å². The molecule has 2 aliphatic rings. The van der Waals surface area contributed by atoms with Crippen molar-refractivity contribution in [3.8, 4) is 0 Å². The van der Waals surface area contributed by atoms with Gasteiger partial charge in [0.25, 0.3) is 5.91 Å². The van der Waals surface area contributed by atoms with Gasteiger partial charge in [0.1, 0.15) is 5.82 Å². The third kappa shape index (κ3) is 3.40. The van der Waals surface area contributed by atoms with Gasteiger partial charge in [-0.05, 0) is 51.9 Å². The van der Waals surface area contributed by atoms with E-state index in [0.29, 0.717) is 19.1 Å². The van der Waals surface area contributed by atoms with Crippen LogP contribution in [-0.2, 0) is 4.74 Å². The van der Waals surface area contributed by atoms with Crippen LogP contribution in [0.3, 0.4) is 0 Å². The predicted molar refractivity (Wildman–Crippen MR) is 86.9 cm³/mol. The summed E-state index contributed by atoms with van der Waals surface area (Å²) in [6.07, 6.45) is 3.74. The molecule has 1 unspecified atom stereocenters. The Bertz CT molecular complexity index is 568. The zero-order valence-electron chi connectivity index (χ0n) is 13.9. The smallest absolute Gasteiger partial charge is 0.256 e. The highest BCUT2D eigenvalue weighted by Crippen LogP contribution is 2.36. The van der Waals surface area contributed by atoms with E-state index in [2.05, 4.69) is 19.0 Å². The molecule has 2 aliphatic heterocycles. The molecule has 0 aromatic heterocycles. The van der Waals surface area contributed by atoms with E-state index in [1.54, 1.807) is 23.1 Å². The second-order valence-electron chi connectivity index (χ2n) is 6.91. The lowest BCUT2D eigenvalue weighted by Crippen LogP contribution is -2.53. The molecule has 126 valence electrons. The predicted octanol–water partition coefficient (Wildman–Crippen LogP) is 2.54. The van der Waals surface area contributed by atoms with Crippen LogP contribution in [0.15, 0.2) is 24.3 Å². The number of benzene rings is 1. The van der Waals surface area contributed by atoms with Crippen LogP contribution in [0.2, 0.25) is 0 Å². The third-order valence-corrected chi connectivity index (χ3v) is 5.26. The minimum absolute atomic E-state index is 0.112. The number of likely N-dealkylation sites (tertiary alicyclic amines) is 1. The van der Waals surface area contributed by atoms with Crippen molar-refractivity contribution in [2.45, 2.75) is 37.3 Å². The standard InChI is InChI=1S/C18H25FN2O2/c1-20(2)14-7-12-23-18(13-14)8-10-21(11-9-18)17(22)15-5-3-4-6-16(15)19/h3-6,14H,7-13H2,1-2H3. The van der Waals surface area contributed by atoms with Crippen molar-refractivity contribution >= 4 is 5.91 Å². The van der Waals surface area contributed by atoms with Gasteiger partial charge in [0.05, 0.1) is 11.2 Å². The molecule has 0 saturated carbocycles. The summed E-state index contributed by atoms with van der Waals surface area (Å²) in [7, 11) is 4.22. The molecule has 0 N–H and O–H groups in total. The Balaban J connectivity index is 1.64. The number of hydrogen-bond donors (Lipinski definition) is 0. The van der Waals surface area contributed by atoms with E-state index < -0.39 is 5.82 Å². The number of halogens is 1. The van der Waals surface area contributed by atoms with Crippen molar-refractivity contribution in [2.75, 3.05) is 33.8 Å². The Kier molecular flexibility index (Phi) is 4.69. The summed E-state index contributed by atoms with van der Waals surface area (Å²) in [5.74, 6) is -0.655. The van der Waals surface area contributed by atoms with Gasteiger partial charge < -0.3 is 14.5 Å². The zero-order chi connectivity index (χ0) is 16.4. The monoisotopic (exact) mass is 320 g/mol. The molecule has 23 heavy (non-hydrogen) atoms. The summed E-state index contributed by atoms with van der Waals surface area (Å²) in [6, 6.07) is 6.74. The fraction of sp³-hybridized carbons (Fsp3) is 0.611. The normalized spacial score (nSPS) is 24.2. The summed E-state index contributed by atoms with van der Waals surface area (Å²) in [6.45, 7) is 2.05. The Morgan fingerprint density at radius 3 is 2.65 bits per heavy atom. The van der Waals surface area contributed by atoms with E-state index in [0.717, 1.165) is 32.3 Å². The van der Waals surface area contributed by atoms with Crippen molar-refractivity contribution < 1.29 is 13.9 Å². The van der Waals surface area contributed by atoms with Gasteiger partial charge in [-0.3, -0.25) is 4.79 Å². The van der Waals surface area contributed by atoms with Crippen molar-refractivity contribution in [2.24, 2.45) is 0 Å². The quantitative estimate of drug-likeness (QED) is 0.839. The second-order valence-corrected chi connectivity index (χ2v) is 6.91. The highest BCUT2D eigenvalue weighted by Gasteiger charge is 2.41. The first-order chi connectivity index (χ1) is 11.0. The number of nitrogens with zero attached hydrogens (tertiary/aromatic N) is 2. The molecule has 0 radical (unpaired) electrons. The average molecular weight is 320 g/mol. The van der Waals surface area contributed by atoms with Crippen LogP contribution >= 0.6 is 0 Å². The maximum Gasteiger partial charge on any atom is 0.256 e. The van der Waals surface area contributed by atoms with E-state index in [-0.39, 0.29) is 17.1 Å². The largest absolute Gasteiger partial charge is 0.375 e. The van der Waals surface area contributed by atoms with Gasteiger partial charge in [-0.15, -0.1) is 0 Å². The van der Waals surface area contributed by atoms with Crippen molar-refractivity contribution in [3.63, 3.8) is 0 Å². The molecule has 3 rings (SSSR count). The first kappa shape index (κ1) is 16.4. The molecule has 5 heteroatoms. The summed E-state index contributed by atoms with van der Waals surface area (Å²) in [5, 5.41) is 0. The number of piperidine rings is 1. The summed E-state index contributed by atoms with van der Waals surface area (Å²) >= 11 is 0. The lowest BCUT2D eigenvalue weighted by Gasteiger charge is -2.47. The fourth-order valence-corrected chi connectivity index (χ4v) is 3.71. The first-order valence-corrected chi connectivity index (χ1v) is 8.35. The van der Waals surface area contributed by atoms with Crippen molar-refractivity contribution in [3.05, 3.63) is 35.6 Å². The van der Waals surface area contributed by atoms with Gasteiger partial charge in [-0.25, -0.2) is 4.39 Å². The van der Waals surface area contributed by atoms with Gasteiger partial charge in [-0.1, -0.05) is 12.1 Å². The molecule has 1 atom stereocenters. The van der Waals surface area contributed by atoms with E-state index in [4.69, 9.17) is 4.74 Å². The summed E-state index contributed by atoms with van der Waals surface area (Å²) < 4.78 is 19.9. The topological polar surface area (TPSA) is 32.8 Å². The minimum atomic E-state index is -0.445. The molecular formula is C18H25FN2O2. The molecule has 1 aromatic carbocycles. The van der Waals surface area contributed by atoms with E-state index in [1.165, 1.54) is 6.07 Å². The Morgan fingerprint density at radius 2 is 2.00 bits per heavy atom. The number of carbonyl (C=O) groups excluding carboxylic acids is 1. The fourth-order valence-electron chi connectivity index (χ4n) is 3.71.